The van der Waals surface area contributed by atoms with E-state index in [0.717, 1.165) is 41.0 Å². The fraction of sp³-hybridized carbons (Fsp3) is 0.293. The van der Waals surface area contributed by atoms with Gasteiger partial charge in [0.15, 0.2) is 4.80 Å². The highest BCUT2D eigenvalue weighted by molar-refractivity contribution is 7.07. The predicted octanol–water partition coefficient (Wildman–Crippen LogP) is 6.56. The Kier molecular flexibility index (Phi) is 11.0. The zero-order valence-electron chi connectivity index (χ0n) is 30.2. The van der Waals surface area contributed by atoms with Crippen LogP contribution in [0.5, 0.6) is 5.75 Å². The molecular weight excluding hydrogens is 677 g/mol. The van der Waals surface area contributed by atoms with Crippen LogP contribution in [0.2, 0.25) is 0 Å². The Hall–Kier alpha value is -5.55. The lowest BCUT2D eigenvalue weighted by molar-refractivity contribution is -0.140. The molecule has 3 heterocycles. The molecule has 0 amide bonds. The maximum absolute atomic E-state index is 14.5. The van der Waals surface area contributed by atoms with Gasteiger partial charge in [-0.2, -0.15) is 5.10 Å². The second kappa shape index (κ2) is 15.8. The third-order valence-corrected chi connectivity index (χ3v) is 9.67. The first-order valence-electron chi connectivity index (χ1n) is 17.4. The number of esters is 2. The number of methoxy groups -OCH3 is 1. The molecule has 268 valence electrons. The number of rotatable bonds is 12. The summed E-state index contributed by atoms with van der Waals surface area (Å²) in [6, 6.07) is 21.6. The van der Waals surface area contributed by atoms with Gasteiger partial charge < -0.3 is 14.2 Å². The molecule has 1 aliphatic heterocycles. The van der Waals surface area contributed by atoms with Crippen LogP contribution in [0.1, 0.15) is 73.6 Å². The van der Waals surface area contributed by atoms with Crippen molar-refractivity contribution >= 4 is 29.4 Å². The lowest BCUT2D eigenvalue weighted by Crippen LogP contribution is -2.40. The smallest absolute Gasteiger partial charge is 0.338 e. The van der Waals surface area contributed by atoms with Gasteiger partial charge in [0.1, 0.15) is 11.4 Å². The van der Waals surface area contributed by atoms with Crippen molar-refractivity contribution in [2.75, 3.05) is 20.3 Å². The Balaban J connectivity index is 1.50. The van der Waals surface area contributed by atoms with Crippen molar-refractivity contribution in [1.82, 2.24) is 14.3 Å². The number of thiazole rings is 1. The molecule has 10 nitrogen and oxygen atoms in total. The molecule has 0 spiro atoms. The number of aryl methyl sites for hydroxylation is 1. The van der Waals surface area contributed by atoms with Crippen LogP contribution in [0, 0.1) is 12.8 Å². The van der Waals surface area contributed by atoms with E-state index in [1.807, 2.05) is 81.6 Å². The number of para-hydroxylation sites is 1. The number of allylic oxidation sites excluding steroid dienone is 1. The van der Waals surface area contributed by atoms with Gasteiger partial charge in [0, 0.05) is 17.3 Å². The van der Waals surface area contributed by atoms with Crippen LogP contribution in [0.15, 0.2) is 100 Å². The fourth-order valence-corrected chi connectivity index (χ4v) is 7.03. The maximum atomic E-state index is 14.5. The second-order valence-electron chi connectivity index (χ2n) is 13.1. The van der Waals surface area contributed by atoms with Crippen molar-refractivity contribution in [2.45, 2.75) is 53.5 Å². The first kappa shape index (κ1) is 36.2. The van der Waals surface area contributed by atoms with Crippen molar-refractivity contribution in [3.63, 3.8) is 0 Å². The highest BCUT2D eigenvalue weighted by atomic mass is 32.1. The summed E-state index contributed by atoms with van der Waals surface area (Å²) < 4.78 is 20.3. The van der Waals surface area contributed by atoms with Crippen molar-refractivity contribution in [3.05, 3.63) is 132 Å². The highest BCUT2D eigenvalue weighted by Crippen LogP contribution is 2.32. The van der Waals surface area contributed by atoms with Gasteiger partial charge in [-0.25, -0.2) is 19.3 Å². The molecular formula is C41H42N4O6S. The van der Waals surface area contributed by atoms with E-state index in [0.29, 0.717) is 38.5 Å². The summed E-state index contributed by atoms with van der Waals surface area (Å²) in [5.41, 5.74) is 5.54. The monoisotopic (exact) mass is 718 g/mol. The molecule has 6 rings (SSSR count). The van der Waals surface area contributed by atoms with Gasteiger partial charge in [-0.1, -0.05) is 68.9 Å². The summed E-state index contributed by atoms with van der Waals surface area (Å²) in [7, 11) is 1.32. The van der Waals surface area contributed by atoms with Crippen molar-refractivity contribution < 1.29 is 23.8 Å². The minimum absolute atomic E-state index is 0.114. The summed E-state index contributed by atoms with van der Waals surface area (Å²) in [4.78, 5) is 45.6. The Morgan fingerprint density at radius 3 is 2.42 bits per heavy atom. The van der Waals surface area contributed by atoms with Crippen molar-refractivity contribution in [1.29, 1.82) is 0 Å². The first-order valence-corrected chi connectivity index (χ1v) is 18.2. The topological polar surface area (TPSA) is 114 Å². The van der Waals surface area contributed by atoms with E-state index >= 15 is 0 Å². The molecule has 0 aliphatic carbocycles. The van der Waals surface area contributed by atoms with E-state index in [1.54, 1.807) is 35.9 Å². The molecule has 0 N–H and O–H groups in total. The number of nitrogens with zero attached hydrogens (tertiary/aromatic N) is 4. The lowest BCUT2D eigenvalue weighted by Gasteiger charge is -2.25. The molecule has 52 heavy (non-hydrogen) atoms. The van der Waals surface area contributed by atoms with Crippen molar-refractivity contribution in [2.24, 2.45) is 10.9 Å². The van der Waals surface area contributed by atoms with Crippen LogP contribution < -0.4 is 19.6 Å². The van der Waals surface area contributed by atoms with Crippen LogP contribution in [0.25, 0.3) is 23.0 Å². The van der Waals surface area contributed by atoms with Gasteiger partial charge >= 0.3 is 11.9 Å². The molecule has 1 atom stereocenters. The highest BCUT2D eigenvalue weighted by Gasteiger charge is 2.34. The summed E-state index contributed by atoms with van der Waals surface area (Å²) in [5.74, 6) is -0.0923. The quantitative estimate of drug-likeness (QED) is 0.106. The maximum Gasteiger partial charge on any atom is 0.338 e. The van der Waals surface area contributed by atoms with E-state index < -0.39 is 18.0 Å². The largest absolute Gasteiger partial charge is 0.493 e. The van der Waals surface area contributed by atoms with Gasteiger partial charge in [0.2, 0.25) is 0 Å². The molecule has 0 fully saturated rings. The molecule has 0 saturated heterocycles. The molecule has 5 aromatic rings. The van der Waals surface area contributed by atoms with Crippen LogP contribution in [0.3, 0.4) is 0 Å². The number of ether oxygens (including phenoxy) is 3. The average Bonchev–Trinajstić information content (AvgIpc) is 3.71. The summed E-state index contributed by atoms with van der Waals surface area (Å²) in [5, 5.41) is 4.99. The van der Waals surface area contributed by atoms with E-state index in [1.165, 1.54) is 23.0 Å². The average molecular weight is 719 g/mol. The van der Waals surface area contributed by atoms with Crippen LogP contribution in [0.4, 0.5) is 0 Å². The number of aromatic nitrogens is 3. The third kappa shape index (κ3) is 7.55. The van der Waals surface area contributed by atoms with Gasteiger partial charge in [-0.05, 0) is 85.9 Å². The number of fused-ring (bicyclic) bond motifs is 1. The first-order chi connectivity index (χ1) is 25.1. The Labute approximate surface area is 306 Å². The Morgan fingerprint density at radius 1 is 1.00 bits per heavy atom. The molecule has 0 radical (unpaired) electrons. The van der Waals surface area contributed by atoms with E-state index in [2.05, 4.69) is 6.92 Å². The number of unbranched alkanes of at least 4 members (excludes halogenated alkanes) is 1. The molecule has 1 unspecified atom stereocenters. The van der Waals surface area contributed by atoms with E-state index in [9.17, 15) is 14.4 Å². The third-order valence-electron chi connectivity index (χ3n) is 8.69. The number of hydrogen-bond donors (Lipinski definition) is 0. The molecule has 3 aromatic carbocycles. The molecule has 11 heteroatoms. The van der Waals surface area contributed by atoms with Crippen molar-refractivity contribution in [3.8, 4) is 22.7 Å². The summed E-state index contributed by atoms with van der Waals surface area (Å²) in [6.45, 7) is 10.7. The zero-order valence-corrected chi connectivity index (χ0v) is 31.0. The molecule has 1 aliphatic rings. The fourth-order valence-electron chi connectivity index (χ4n) is 5.99. The normalized spacial score (nSPS) is 14.3. The lowest BCUT2D eigenvalue weighted by atomic mass is 9.95. The predicted molar refractivity (Wildman–Crippen MR) is 201 cm³/mol. The van der Waals surface area contributed by atoms with Gasteiger partial charge in [0.05, 0.1) is 53.4 Å². The standard InChI is InChI=1S/C41H42N4O6S/c1-7-8-20-50-33-19-18-30(21-26(33)4)36-31(23-44(43-36)32-12-10-9-11-13-32)22-34-38(46)45-37(28-14-16-29(17-15-28)39(47)49-6)35(27(5)42-41(45)52-34)40(48)51-24-25(2)3/h9-19,21-23,25,37H,7-8,20,24H2,1-6H3. The number of hydrogen-bond acceptors (Lipinski definition) is 9. The Bertz CT molecular complexity index is 2320. The summed E-state index contributed by atoms with van der Waals surface area (Å²) >= 11 is 1.24. The molecule has 2 aromatic heterocycles. The van der Waals surface area contributed by atoms with Crippen LogP contribution >= 0.6 is 11.3 Å². The number of carbonyl (C=O) groups excluding carboxylic acids is 2. The number of benzene rings is 3. The van der Waals surface area contributed by atoms with Crippen LogP contribution in [-0.4, -0.2) is 46.6 Å². The minimum atomic E-state index is -0.834. The SMILES string of the molecule is CCCCOc1ccc(-c2nn(-c3ccccc3)cc2C=c2sc3n(c2=O)C(c2ccc(C(=O)OC)cc2)C(C(=O)OCC(C)C)=C(C)N=3)cc1C. The molecule has 0 bridgehead atoms. The Morgan fingerprint density at radius 2 is 1.75 bits per heavy atom. The zero-order chi connectivity index (χ0) is 36.9. The van der Waals surface area contributed by atoms with Gasteiger partial charge in [-0.3, -0.25) is 9.36 Å². The minimum Gasteiger partial charge on any atom is -0.493 e. The van der Waals surface area contributed by atoms with E-state index in [-0.39, 0.29) is 23.7 Å². The van der Waals surface area contributed by atoms with Gasteiger partial charge in [0.25, 0.3) is 5.56 Å². The number of carbonyl (C=O) groups is 2. The molecule has 0 saturated carbocycles. The van der Waals surface area contributed by atoms with E-state index in [4.69, 9.17) is 24.3 Å². The van der Waals surface area contributed by atoms with Gasteiger partial charge in [-0.15, -0.1) is 0 Å². The second-order valence-corrected chi connectivity index (χ2v) is 14.1. The summed E-state index contributed by atoms with van der Waals surface area (Å²) in [6.07, 6.45) is 5.77. The van der Waals surface area contributed by atoms with Crippen LogP contribution in [-0.2, 0) is 14.3 Å².